The number of nitriles is 1. The standard InChI is InChI=1S/C22H22N4OS/c23-14-18(22-24-19-8-4-5-9-21(19)28-22)20(27)16-26-12-10-25(11-13-26)15-17-6-2-1-3-7-17/h1-9,27H,10-13,15-16H2. The normalized spacial score (nSPS) is 16.7. The number of piperazine rings is 1. The van der Waals surface area contributed by atoms with E-state index in [2.05, 4.69) is 45.1 Å². The number of hydrogen-bond donors (Lipinski definition) is 1. The van der Waals surface area contributed by atoms with Crippen molar-refractivity contribution in [2.24, 2.45) is 0 Å². The van der Waals surface area contributed by atoms with Crippen LogP contribution in [0.25, 0.3) is 15.8 Å². The number of fused-ring (bicyclic) bond motifs is 1. The highest BCUT2D eigenvalue weighted by atomic mass is 32.1. The second kappa shape index (κ2) is 8.53. The lowest BCUT2D eigenvalue weighted by Gasteiger charge is -2.34. The highest BCUT2D eigenvalue weighted by Crippen LogP contribution is 2.28. The second-order valence-corrected chi connectivity index (χ2v) is 7.99. The molecule has 0 unspecified atom stereocenters. The zero-order valence-electron chi connectivity index (χ0n) is 15.6. The van der Waals surface area contributed by atoms with Gasteiger partial charge in [0.15, 0.2) is 0 Å². The van der Waals surface area contributed by atoms with Crippen molar-refractivity contribution >= 4 is 27.1 Å². The fourth-order valence-electron chi connectivity index (χ4n) is 3.45. The maximum Gasteiger partial charge on any atom is 0.138 e. The molecule has 0 spiro atoms. The summed E-state index contributed by atoms with van der Waals surface area (Å²) in [5.74, 6) is 0.109. The maximum absolute atomic E-state index is 10.6. The predicted molar refractivity (Wildman–Crippen MR) is 113 cm³/mol. The first kappa shape index (κ1) is 18.6. The van der Waals surface area contributed by atoms with Gasteiger partial charge in [0.05, 0.1) is 16.8 Å². The zero-order chi connectivity index (χ0) is 19.3. The number of hydrogen-bond acceptors (Lipinski definition) is 6. The van der Waals surface area contributed by atoms with Gasteiger partial charge in [-0.15, -0.1) is 11.3 Å². The second-order valence-electron chi connectivity index (χ2n) is 6.96. The van der Waals surface area contributed by atoms with Crippen LogP contribution in [-0.4, -0.2) is 52.6 Å². The Balaban J connectivity index is 1.40. The van der Waals surface area contributed by atoms with E-state index in [4.69, 9.17) is 0 Å². The van der Waals surface area contributed by atoms with E-state index < -0.39 is 0 Å². The van der Waals surface area contributed by atoms with Gasteiger partial charge in [-0.05, 0) is 17.7 Å². The smallest absolute Gasteiger partial charge is 0.138 e. The Kier molecular flexibility index (Phi) is 5.68. The first-order chi connectivity index (χ1) is 13.7. The van der Waals surface area contributed by atoms with Crippen molar-refractivity contribution in [2.75, 3.05) is 32.7 Å². The summed E-state index contributed by atoms with van der Waals surface area (Å²) in [5, 5.41) is 20.8. The molecular formula is C22H22N4OS. The van der Waals surface area contributed by atoms with E-state index in [1.165, 1.54) is 16.9 Å². The van der Waals surface area contributed by atoms with Gasteiger partial charge in [0, 0.05) is 32.7 Å². The van der Waals surface area contributed by atoms with E-state index in [0.29, 0.717) is 11.6 Å². The molecule has 0 aliphatic carbocycles. The molecule has 0 bridgehead atoms. The molecule has 5 nitrogen and oxygen atoms in total. The molecule has 0 radical (unpaired) electrons. The molecule has 2 heterocycles. The van der Waals surface area contributed by atoms with Crippen molar-refractivity contribution < 1.29 is 5.11 Å². The number of thiazole rings is 1. The summed E-state index contributed by atoms with van der Waals surface area (Å²) in [7, 11) is 0. The molecular weight excluding hydrogens is 368 g/mol. The van der Waals surface area contributed by atoms with Gasteiger partial charge in [0.1, 0.15) is 22.4 Å². The number of benzene rings is 2. The molecule has 0 saturated carbocycles. The number of nitrogens with zero attached hydrogens (tertiary/aromatic N) is 4. The van der Waals surface area contributed by atoms with Crippen molar-refractivity contribution in [3.8, 4) is 6.07 Å². The molecule has 1 N–H and O–H groups in total. The summed E-state index contributed by atoms with van der Waals surface area (Å²) in [4.78, 5) is 9.13. The number of para-hydroxylation sites is 1. The van der Waals surface area contributed by atoms with Crippen LogP contribution in [0.1, 0.15) is 10.6 Å². The average molecular weight is 391 g/mol. The van der Waals surface area contributed by atoms with Crippen LogP contribution in [0.15, 0.2) is 60.4 Å². The van der Waals surface area contributed by atoms with Crippen LogP contribution < -0.4 is 0 Å². The quantitative estimate of drug-likeness (QED) is 0.529. The van der Waals surface area contributed by atoms with Crippen molar-refractivity contribution in [3.63, 3.8) is 0 Å². The Morgan fingerprint density at radius 3 is 2.39 bits per heavy atom. The molecule has 4 rings (SSSR count). The summed E-state index contributed by atoms with van der Waals surface area (Å²) < 4.78 is 1.02. The number of aliphatic hydroxyl groups is 1. The lowest BCUT2D eigenvalue weighted by Crippen LogP contribution is -2.46. The van der Waals surface area contributed by atoms with Crippen molar-refractivity contribution in [3.05, 3.63) is 70.9 Å². The van der Waals surface area contributed by atoms with E-state index in [1.807, 2.05) is 30.3 Å². The molecule has 142 valence electrons. The maximum atomic E-state index is 10.6. The first-order valence-corrected chi connectivity index (χ1v) is 10.2. The SMILES string of the molecule is N#CC(=C(O)CN1CCN(Cc2ccccc2)CC1)c1nc2ccccc2s1. The van der Waals surface area contributed by atoms with Gasteiger partial charge >= 0.3 is 0 Å². The highest BCUT2D eigenvalue weighted by molar-refractivity contribution is 7.19. The zero-order valence-corrected chi connectivity index (χ0v) is 16.4. The van der Waals surface area contributed by atoms with E-state index in [9.17, 15) is 10.4 Å². The topological polar surface area (TPSA) is 63.4 Å². The molecule has 3 aromatic rings. The van der Waals surface area contributed by atoms with Crippen LogP contribution in [0.3, 0.4) is 0 Å². The molecule has 1 aliphatic heterocycles. The lowest BCUT2D eigenvalue weighted by molar-refractivity contribution is 0.125. The van der Waals surface area contributed by atoms with Gasteiger partial charge in [-0.25, -0.2) is 4.98 Å². The monoisotopic (exact) mass is 390 g/mol. The highest BCUT2D eigenvalue weighted by Gasteiger charge is 2.20. The molecule has 1 aliphatic rings. The molecule has 1 saturated heterocycles. The lowest BCUT2D eigenvalue weighted by atomic mass is 10.2. The largest absolute Gasteiger partial charge is 0.509 e. The summed E-state index contributed by atoms with van der Waals surface area (Å²) in [5.41, 5.74) is 2.46. The molecule has 0 amide bonds. The minimum Gasteiger partial charge on any atom is -0.509 e. The summed E-state index contributed by atoms with van der Waals surface area (Å²) >= 11 is 1.44. The van der Waals surface area contributed by atoms with Crippen LogP contribution in [0.5, 0.6) is 0 Å². The first-order valence-electron chi connectivity index (χ1n) is 9.40. The van der Waals surface area contributed by atoms with E-state index in [0.717, 1.165) is 42.9 Å². The number of aliphatic hydroxyl groups excluding tert-OH is 1. The Bertz CT molecular complexity index is 981. The van der Waals surface area contributed by atoms with Gasteiger partial charge < -0.3 is 5.11 Å². The third-order valence-electron chi connectivity index (χ3n) is 5.00. The average Bonchev–Trinajstić information content (AvgIpc) is 3.14. The number of rotatable bonds is 5. The molecule has 28 heavy (non-hydrogen) atoms. The Labute approximate surface area is 168 Å². The number of allylic oxidation sites excluding steroid dienone is 1. The minimum absolute atomic E-state index is 0.109. The van der Waals surface area contributed by atoms with E-state index in [-0.39, 0.29) is 11.3 Å². The van der Waals surface area contributed by atoms with Gasteiger partial charge in [-0.3, -0.25) is 9.80 Å². The van der Waals surface area contributed by atoms with Crippen LogP contribution >= 0.6 is 11.3 Å². The Hall–Kier alpha value is -2.72. The van der Waals surface area contributed by atoms with Gasteiger partial charge in [0.25, 0.3) is 0 Å². The minimum atomic E-state index is 0.109. The van der Waals surface area contributed by atoms with Gasteiger partial charge in [0.2, 0.25) is 0 Å². The van der Waals surface area contributed by atoms with Crippen LogP contribution in [0.4, 0.5) is 0 Å². The predicted octanol–water partition coefficient (Wildman–Crippen LogP) is 3.91. The molecule has 1 aromatic heterocycles. The molecule has 2 aromatic carbocycles. The fourth-order valence-corrected chi connectivity index (χ4v) is 4.44. The van der Waals surface area contributed by atoms with Crippen molar-refractivity contribution in [2.45, 2.75) is 6.54 Å². The summed E-state index contributed by atoms with van der Waals surface area (Å²) in [6, 6.07) is 20.4. The fraction of sp³-hybridized carbons (Fsp3) is 0.273. The summed E-state index contributed by atoms with van der Waals surface area (Å²) in [6.07, 6.45) is 0. The van der Waals surface area contributed by atoms with Crippen molar-refractivity contribution in [1.29, 1.82) is 5.26 Å². The third kappa shape index (κ3) is 4.23. The molecule has 1 fully saturated rings. The van der Waals surface area contributed by atoms with E-state index in [1.54, 1.807) is 0 Å². The molecule has 6 heteroatoms. The Morgan fingerprint density at radius 2 is 1.68 bits per heavy atom. The van der Waals surface area contributed by atoms with Crippen LogP contribution in [0, 0.1) is 11.3 Å². The van der Waals surface area contributed by atoms with E-state index >= 15 is 0 Å². The van der Waals surface area contributed by atoms with Gasteiger partial charge in [-0.2, -0.15) is 5.26 Å². The van der Waals surface area contributed by atoms with Crippen LogP contribution in [0.2, 0.25) is 0 Å². The van der Waals surface area contributed by atoms with Gasteiger partial charge in [-0.1, -0.05) is 42.5 Å². The summed E-state index contributed by atoms with van der Waals surface area (Å²) in [6.45, 7) is 4.98. The Morgan fingerprint density at radius 1 is 1.00 bits per heavy atom. The van der Waals surface area contributed by atoms with Crippen LogP contribution in [-0.2, 0) is 6.54 Å². The number of aromatic nitrogens is 1. The third-order valence-corrected chi connectivity index (χ3v) is 6.05. The molecule has 0 atom stereocenters. The van der Waals surface area contributed by atoms with Crippen molar-refractivity contribution in [1.82, 2.24) is 14.8 Å².